The standard InChI is InChI=1S/C41H36N4/c1-3-9-32(25-42)27(2)22-33(26-43)29-15-18-35-30(23-29)16-20-37-36-19-17-31(38-13-6-7-21-44-38)24-40(36)45(41(35)37)39-14-8-11-28-10-4-5-12-34(28)39/h3-26,38,44H,42-43H2,1-2H3/b9-3-,27-22+,32-25+,33-26+. The second kappa shape index (κ2) is 11.7. The highest BCUT2D eigenvalue weighted by atomic mass is 15.0. The molecule has 6 aromatic rings. The molecule has 0 radical (unpaired) electrons. The molecular formula is C41H36N4. The Balaban J connectivity index is 1.49. The van der Waals surface area contributed by atoms with Gasteiger partial charge in [-0.1, -0.05) is 97.1 Å². The molecule has 4 heteroatoms. The molecule has 1 atom stereocenters. The lowest BCUT2D eigenvalue weighted by Crippen LogP contribution is -2.14. The Morgan fingerprint density at radius 2 is 1.60 bits per heavy atom. The van der Waals surface area contributed by atoms with Crippen molar-refractivity contribution in [2.45, 2.75) is 19.9 Å². The number of nitrogens with zero attached hydrogens (tertiary/aromatic N) is 1. The van der Waals surface area contributed by atoms with Crippen LogP contribution >= 0.6 is 0 Å². The Labute approximate surface area is 263 Å². The average Bonchev–Trinajstić information content (AvgIpc) is 3.43. The van der Waals surface area contributed by atoms with E-state index in [4.69, 9.17) is 11.5 Å². The van der Waals surface area contributed by atoms with Gasteiger partial charge in [0, 0.05) is 33.9 Å². The SMILES string of the molecule is C\C=C/C(=C\N)C(/C)=C/C(=C\N)c1ccc2c(ccc3c4ccc(C5C=CC=CN5)cc4n(-c4cccc5ccccc45)c23)c1. The minimum Gasteiger partial charge on any atom is -0.404 e. The fourth-order valence-electron chi connectivity index (χ4n) is 6.58. The van der Waals surface area contributed by atoms with Gasteiger partial charge in [-0.3, -0.25) is 0 Å². The summed E-state index contributed by atoms with van der Waals surface area (Å²) in [6.45, 7) is 4.04. The third kappa shape index (κ3) is 4.91. The number of hydrogen-bond donors (Lipinski definition) is 3. The molecule has 1 aliphatic rings. The van der Waals surface area contributed by atoms with Crippen molar-refractivity contribution < 1.29 is 0 Å². The highest BCUT2D eigenvalue weighted by Gasteiger charge is 2.19. The molecule has 0 fully saturated rings. The van der Waals surface area contributed by atoms with Crippen LogP contribution in [-0.2, 0) is 0 Å². The summed E-state index contributed by atoms with van der Waals surface area (Å²) in [7, 11) is 0. The predicted octanol–water partition coefficient (Wildman–Crippen LogP) is 9.47. The second-order valence-electron chi connectivity index (χ2n) is 11.5. The number of nitrogens with two attached hydrogens (primary N) is 2. The summed E-state index contributed by atoms with van der Waals surface area (Å²) >= 11 is 0. The van der Waals surface area contributed by atoms with Gasteiger partial charge in [-0.15, -0.1) is 0 Å². The van der Waals surface area contributed by atoms with Gasteiger partial charge in [0.2, 0.25) is 0 Å². The molecule has 0 saturated heterocycles. The van der Waals surface area contributed by atoms with Crippen LogP contribution < -0.4 is 16.8 Å². The molecular weight excluding hydrogens is 548 g/mol. The van der Waals surface area contributed by atoms with E-state index in [1.165, 1.54) is 49.2 Å². The van der Waals surface area contributed by atoms with Crippen LogP contribution in [0.25, 0.3) is 54.6 Å². The summed E-state index contributed by atoms with van der Waals surface area (Å²) in [5, 5.41) is 10.7. The number of rotatable bonds is 6. The minimum atomic E-state index is 0.123. The molecule has 1 unspecified atom stereocenters. The summed E-state index contributed by atoms with van der Waals surface area (Å²) < 4.78 is 2.46. The van der Waals surface area contributed by atoms with Crippen LogP contribution in [-0.4, -0.2) is 4.57 Å². The van der Waals surface area contributed by atoms with E-state index < -0.39 is 0 Å². The Bertz CT molecular complexity index is 2280. The number of aromatic nitrogens is 1. The van der Waals surface area contributed by atoms with Crippen molar-refractivity contribution in [2.24, 2.45) is 11.5 Å². The Kier molecular flexibility index (Phi) is 7.32. The van der Waals surface area contributed by atoms with Crippen molar-refractivity contribution in [2.75, 3.05) is 0 Å². The molecule has 220 valence electrons. The molecule has 7 rings (SSSR count). The fourth-order valence-corrected chi connectivity index (χ4v) is 6.58. The van der Waals surface area contributed by atoms with Crippen molar-refractivity contribution in [1.82, 2.24) is 9.88 Å². The molecule has 5 N–H and O–H groups in total. The summed E-state index contributed by atoms with van der Waals surface area (Å²) in [6, 6.07) is 33.3. The van der Waals surface area contributed by atoms with Gasteiger partial charge in [0.15, 0.2) is 0 Å². The molecule has 0 spiro atoms. The Morgan fingerprint density at radius 3 is 2.40 bits per heavy atom. The summed E-state index contributed by atoms with van der Waals surface area (Å²) in [5.41, 5.74) is 20.9. The number of hydrogen-bond acceptors (Lipinski definition) is 3. The van der Waals surface area contributed by atoms with Crippen LogP contribution in [0.1, 0.15) is 31.0 Å². The van der Waals surface area contributed by atoms with Gasteiger partial charge in [0.25, 0.3) is 0 Å². The number of allylic oxidation sites excluding steroid dienone is 8. The number of nitrogens with one attached hydrogen (secondary N) is 1. The first-order valence-electron chi connectivity index (χ1n) is 15.3. The van der Waals surface area contributed by atoms with Crippen molar-refractivity contribution >= 4 is 48.9 Å². The van der Waals surface area contributed by atoms with Crippen LogP contribution in [0.3, 0.4) is 0 Å². The van der Waals surface area contributed by atoms with Crippen molar-refractivity contribution in [3.63, 3.8) is 0 Å². The number of fused-ring (bicyclic) bond motifs is 6. The molecule has 5 aromatic carbocycles. The smallest absolute Gasteiger partial charge is 0.0696 e. The van der Waals surface area contributed by atoms with E-state index in [0.717, 1.165) is 27.7 Å². The average molecular weight is 585 g/mol. The summed E-state index contributed by atoms with van der Waals surface area (Å²) in [6.07, 6.45) is 17.7. The van der Waals surface area contributed by atoms with E-state index in [1.807, 2.05) is 31.4 Å². The van der Waals surface area contributed by atoms with E-state index in [1.54, 1.807) is 12.4 Å². The maximum absolute atomic E-state index is 6.19. The zero-order chi connectivity index (χ0) is 30.9. The van der Waals surface area contributed by atoms with Crippen LogP contribution in [0.15, 0.2) is 157 Å². The van der Waals surface area contributed by atoms with Gasteiger partial charge in [-0.05, 0) is 89.0 Å². The van der Waals surface area contributed by atoms with Crippen LogP contribution in [0.5, 0.6) is 0 Å². The zero-order valence-corrected chi connectivity index (χ0v) is 25.5. The molecule has 0 bridgehead atoms. The Morgan fingerprint density at radius 1 is 0.778 bits per heavy atom. The third-order valence-corrected chi connectivity index (χ3v) is 8.79. The largest absolute Gasteiger partial charge is 0.404 e. The van der Waals surface area contributed by atoms with E-state index in [9.17, 15) is 0 Å². The molecule has 45 heavy (non-hydrogen) atoms. The minimum absolute atomic E-state index is 0.123. The first kappa shape index (κ1) is 28.1. The van der Waals surface area contributed by atoms with Gasteiger partial charge in [-0.2, -0.15) is 0 Å². The third-order valence-electron chi connectivity index (χ3n) is 8.79. The normalized spacial score (nSPS) is 16.0. The molecule has 0 aliphatic carbocycles. The van der Waals surface area contributed by atoms with Gasteiger partial charge in [0.1, 0.15) is 0 Å². The molecule has 1 aromatic heterocycles. The van der Waals surface area contributed by atoms with Gasteiger partial charge < -0.3 is 21.4 Å². The summed E-state index contributed by atoms with van der Waals surface area (Å²) in [4.78, 5) is 0. The van der Waals surface area contributed by atoms with E-state index >= 15 is 0 Å². The highest BCUT2D eigenvalue weighted by molar-refractivity contribution is 6.19. The predicted molar refractivity (Wildman–Crippen MR) is 193 cm³/mol. The van der Waals surface area contributed by atoms with E-state index in [-0.39, 0.29) is 6.04 Å². The molecule has 2 heterocycles. The lowest BCUT2D eigenvalue weighted by atomic mass is 9.97. The van der Waals surface area contributed by atoms with Crippen molar-refractivity contribution in [3.05, 3.63) is 168 Å². The first-order valence-corrected chi connectivity index (χ1v) is 15.3. The molecule has 4 nitrogen and oxygen atoms in total. The zero-order valence-electron chi connectivity index (χ0n) is 25.5. The van der Waals surface area contributed by atoms with Crippen LogP contribution in [0.4, 0.5) is 0 Å². The highest BCUT2D eigenvalue weighted by Crippen LogP contribution is 2.40. The monoisotopic (exact) mass is 584 g/mol. The Hall–Kier alpha value is -5.74. The van der Waals surface area contributed by atoms with Crippen molar-refractivity contribution in [1.29, 1.82) is 0 Å². The maximum atomic E-state index is 6.19. The molecule has 0 saturated carbocycles. The molecule has 1 aliphatic heterocycles. The first-order chi connectivity index (χ1) is 22.1. The van der Waals surface area contributed by atoms with Crippen LogP contribution in [0, 0.1) is 0 Å². The molecule has 0 amide bonds. The van der Waals surface area contributed by atoms with Crippen molar-refractivity contribution in [3.8, 4) is 5.69 Å². The fraction of sp³-hybridized carbons (Fsp3) is 0.0732. The van der Waals surface area contributed by atoms with Gasteiger partial charge in [-0.25, -0.2) is 0 Å². The number of dihydropyridines is 1. The lowest BCUT2D eigenvalue weighted by molar-refractivity contribution is 0.747. The van der Waals surface area contributed by atoms with E-state index in [2.05, 4.69) is 126 Å². The lowest BCUT2D eigenvalue weighted by Gasteiger charge is -2.17. The second-order valence-corrected chi connectivity index (χ2v) is 11.5. The summed E-state index contributed by atoms with van der Waals surface area (Å²) in [5.74, 6) is 0. The topological polar surface area (TPSA) is 69.0 Å². The van der Waals surface area contributed by atoms with Gasteiger partial charge >= 0.3 is 0 Å². The maximum Gasteiger partial charge on any atom is 0.0696 e. The van der Waals surface area contributed by atoms with Gasteiger partial charge in [0.05, 0.1) is 22.8 Å². The van der Waals surface area contributed by atoms with E-state index in [0.29, 0.717) is 0 Å². The quantitative estimate of drug-likeness (QED) is 0.171. The number of benzene rings is 5. The van der Waals surface area contributed by atoms with Crippen LogP contribution in [0.2, 0.25) is 0 Å².